The summed E-state index contributed by atoms with van der Waals surface area (Å²) in [7, 11) is 0. The number of benzene rings is 1. The number of nitrogens with zero attached hydrogens (tertiary/aromatic N) is 1. The van der Waals surface area contributed by atoms with Crippen molar-refractivity contribution in [2.24, 2.45) is 10.8 Å². The molecule has 0 spiro atoms. The van der Waals surface area contributed by atoms with Crippen molar-refractivity contribution in [2.45, 2.75) is 40.7 Å². The molecule has 0 bridgehead atoms. The number of carboxylic acid groups (broad SMARTS) is 1. The summed E-state index contributed by atoms with van der Waals surface area (Å²) in [6, 6.07) is 7.28. The lowest BCUT2D eigenvalue weighted by Gasteiger charge is -2.47. The van der Waals surface area contributed by atoms with Crippen LogP contribution in [-0.4, -0.2) is 29.1 Å². The number of hydrogen-bond donors (Lipinski definition) is 1. The van der Waals surface area contributed by atoms with Gasteiger partial charge in [0.2, 0.25) is 0 Å². The monoisotopic (exact) mass is 275 g/mol. The Labute approximate surface area is 121 Å². The number of carboxylic acids is 1. The summed E-state index contributed by atoms with van der Waals surface area (Å²) in [4.78, 5) is 13.5. The molecule has 0 saturated carbocycles. The van der Waals surface area contributed by atoms with Gasteiger partial charge in [-0.15, -0.1) is 0 Å². The first-order valence-electron chi connectivity index (χ1n) is 7.22. The Bertz CT molecular complexity index is 489. The van der Waals surface area contributed by atoms with Crippen molar-refractivity contribution in [1.29, 1.82) is 0 Å². The number of aromatic carboxylic acids is 1. The summed E-state index contributed by atoms with van der Waals surface area (Å²) >= 11 is 0. The molecule has 0 amide bonds. The van der Waals surface area contributed by atoms with Crippen molar-refractivity contribution >= 4 is 5.97 Å². The van der Waals surface area contributed by atoms with E-state index < -0.39 is 5.97 Å². The summed E-state index contributed by atoms with van der Waals surface area (Å²) in [6.45, 7) is 12.2. The van der Waals surface area contributed by atoms with Crippen LogP contribution in [-0.2, 0) is 6.54 Å². The number of carbonyl (C=O) groups is 1. The molecule has 1 saturated heterocycles. The van der Waals surface area contributed by atoms with E-state index in [-0.39, 0.29) is 0 Å². The maximum atomic E-state index is 11.0. The summed E-state index contributed by atoms with van der Waals surface area (Å²) in [5.74, 6) is -0.855. The molecule has 0 aliphatic carbocycles. The van der Waals surface area contributed by atoms with Crippen molar-refractivity contribution < 1.29 is 9.90 Å². The van der Waals surface area contributed by atoms with Gasteiger partial charge in [0.05, 0.1) is 5.56 Å². The molecule has 2 rings (SSSR count). The molecule has 1 heterocycles. The third kappa shape index (κ3) is 3.83. The minimum atomic E-state index is -0.855. The average Bonchev–Trinajstić information content (AvgIpc) is 2.24. The highest BCUT2D eigenvalue weighted by atomic mass is 16.4. The largest absolute Gasteiger partial charge is 0.478 e. The van der Waals surface area contributed by atoms with Crippen LogP contribution in [0, 0.1) is 10.8 Å². The van der Waals surface area contributed by atoms with E-state index in [1.54, 1.807) is 12.1 Å². The fourth-order valence-electron chi connectivity index (χ4n) is 3.85. The van der Waals surface area contributed by atoms with E-state index in [1.165, 1.54) is 6.42 Å². The highest BCUT2D eigenvalue weighted by molar-refractivity contribution is 5.87. The van der Waals surface area contributed by atoms with Gasteiger partial charge in [0.1, 0.15) is 0 Å². The average molecular weight is 275 g/mol. The van der Waals surface area contributed by atoms with Gasteiger partial charge in [-0.2, -0.15) is 0 Å². The fraction of sp³-hybridized carbons (Fsp3) is 0.588. The van der Waals surface area contributed by atoms with Gasteiger partial charge in [0.15, 0.2) is 0 Å². The van der Waals surface area contributed by atoms with E-state index in [0.29, 0.717) is 16.4 Å². The zero-order valence-corrected chi connectivity index (χ0v) is 12.9. The molecule has 1 fully saturated rings. The third-order valence-electron chi connectivity index (χ3n) is 3.84. The van der Waals surface area contributed by atoms with E-state index >= 15 is 0 Å². The zero-order chi connectivity index (χ0) is 15.0. The van der Waals surface area contributed by atoms with Crippen LogP contribution in [0.5, 0.6) is 0 Å². The second kappa shape index (κ2) is 5.21. The van der Waals surface area contributed by atoms with Gasteiger partial charge in [0.25, 0.3) is 0 Å². The van der Waals surface area contributed by atoms with Crippen LogP contribution < -0.4 is 0 Å². The Hall–Kier alpha value is -1.35. The summed E-state index contributed by atoms with van der Waals surface area (Å²) in [5.41, 5.74) is 2.08. The van der Waals surface area contributed by atoms with E-state index in [1.807, 2.05) is 12.1 Å². The highest BCUT2D eigenvalue weighted by Gasteiger charge is 2.37. The van der Waals surface area contributed by atoms with Gasteiger partial charge >= 0.3 is 5.97 Å². The van der Waals surface area contributed by atoms with Gasteiger partial charge in [-0.25, -0.2) is 4.79 Å². The van der Waals surface area contributed by atoms with Crippen LogP contribution >= 0.6 is 0 Å². The Morgan fingerprint density at radius 3 is 2.35 bits per heavy atom. The molecule has 0 unspecified atom stereocenters. The Kier molecular flexibility index (Phi) is 3.92. The Morgan fingerprint density at radius 2 is 1.80 bits per heavy atom. The second-order valence-electron chi connectivity index (χ2n) is 7.66. The Balaban J connectivity index is 2.13. The molecule has 0 atom stereocenters. The molecular weight excluding hydrogens is 250 g/mol. The van der Waals surface area contributed by atoms with Gasteiger partial charge in [-0.1, -0.05) is 39.8 Å². The molecule has 0 radical (unpaired) electrons. The molecular formula is C17H25NO2. The van der Waals surface area contributed by atoms with E-state index in [9.17, 15) is 4.79 Å². The van der Waals surface area contributed by atoms with Crippen LogP contribution in [0.4, 0.5) is 0 Å². The number of rotatable bonds is 3. The lowest BCUT2D eigenvalue weighted by atomic mass is 9.71. The number of hydrogen-bond acceptors (Lipinski definition) is 2. The standard InChI is InChI=1S/C17H25NO2/c1-16(2)10-17(3,4)12-18(11-16)9-13-6-5-7-14(8-13)15(19)20/h5-8H,9-12H2,1-4H3,(H,19,20). The first kappa shape index (κ1) is 15.0. The van der Waals surface area contributed by atoms with Gasteiger partial charge in [0, 0.05) is 19.6 Å². The first-order valence-corrected chi connectivity index (χ1v) is 7.22. The smallest absolute Gasteiger partial charge is 0.335 e. The quantitative estimate of drug-likeness (QED) is 0.915. The van der Waals surface area contributed by atoms with Crippen molar-refractivity contribution in [3.8, 4) is 0 Å². The van der Waals surface area contributed by atoms with Crippen molar-refractivity contribution in [3.05, 3.63) is 35.4 Å². The molecule has 3 heteroatoms. The molecule has 1 N–H and O–H groups in total. The molecule has 1 aromatic carbocycles. The second-order valence-corrected chi connectivity index (χ2v) is 7.66. The molecule has 1 aliphatic rings. The number of likely N-dealkylation sites (tertiary alicyclic amines) is 1. The van der Waals surface area contributed by atoms with Crippen molar-refractivity contribution in [3.63, 3.8) is 0 Å². The normalized spacial score (nSPS) is 21.6. The van der Waals surface area contributed by atoms with Crippen LogP contribution in [0.1, 0.15) is 50.0 Å². The van der Waals surface area contributed by atoms with E-state index in [0.717, 1.165) is 25.2 Å². The predicted octanol–water partition coefficient (Wildman–Crippen LogP) is 3.64. The first-order chi connectivity index (χ1) is 9.17. The summed E-state index contributed by atoms with van der Waals surface area (Å²) < 4.78 is 0. The summed E-state index contributed by atoms with van der Waals surface area (Å²) in [5, 5.41) is 9.07. The topological polar surface area (TPSA) is 40.5 Å². The van der Waals surface area contributed by atoms with E-state index in [4.69, 9.17) is 5.11 Å². The fourth-order valence-corrected chi connectivity index (χ4v) is 3.85. The SMILES string of the molecule is CC1(C)CN(Cc2cccc(C(=O)O)c2)CC(C)(C)C1. The van der Waals surface area contributed by atoms with Crippen molar-refractivity contribution in [1.82, 2.24) is 4.90 Å². The molecule has 1 aliphatic heterocycles. The van der Waals surface area contributed by atoms with Gasteiger partial charge in [-0.3, -0.25) is 4.90 Å². The van der Waals surface area contributed by atoms with Gasteiger partial charge in [-0.05, 0) is 34.9 Å². The molecule has 1 aromatic rings. The zero-order valence-electron chi connectivity index (χ0n) is 12.9. The minimum absolute atomic E-state index is 0.312. The maximum Gasteiger partial charge on any atom is 0.335 e. The lowest BCUT2D eigenvalue weighted by Crippen LogP contribution is -2.47. The number of piperidine rings is 1. The van der Waals surface area contributed by atoms with Crippen LogP contribution in [0.15, 0.2) is 24.3 Å². The van der Waals surface area contributed by atoms with Crippen LogP contribution in [0.2, 0.25) is 0 Å². The van der Waals surface area contributed by atoms with Gasteiger partial charge < -0.3 is 5.11 Å². The van der Waals surface area contributed by atoms with E-state index in [2.05, 4.69) is 32.6 Å². The van der Waals surface area contributed by atoms with Crippen molar-refractivity contribution in [2.75, 3.05) is 13.1 Å². The molecule has 0 aromatic heterocycles. The lowest BCUT2D eigenvalue weighted by molar-refractivity contribution is 0.0230. The highest BCUT2D eigenvalue weighted by Crippen LogP contribution is 2.40. The molecule has 110 valence electrons. The molecule has 3 nitrogen and oxygen atoms in total. The summed E-state index contributed by atoms with van der Waals surface area (Å²) in [6.07, 6.45) is 1.23. The predicted molar refractivity (Wildman–Crippen MR) is 80.9 cm³/mol. The van der Waals surface area contributed by atoms with Crippen LogP contribution in [0.3, 0.4) is 0 Å². The third-order valence-corrected chi connectivity index (χ3v) is 3.84. The molecule has 20 heavy (non-hydrogen) atoms. The Morgan fingerprint density at radius 1 is 1.20 bits per heavy atom. The van der Waals surface area contributed by atoms with Crippen LogP contribution in [0.25, 0.3) is 0 Å². The minimum Gasteiger partial charge on any atom is -0.478 e. The maximum absolute atomic E-state index is 11.0.